The Hall–Kier alpha value is -6.60. The van der Waals surface area contributed by atoms with E-state index in [1.54, 1.807) is 0 Å². The summed E-state index contributed by atoms with van der Waals surface area (Å²) in [5, 5.41) is 15.9. The smallest absolute Gasteiger partial charge is 0.319 e. The molecule has 0 saturated carbocycles. The molecule has 4 aromatic rings. The Morgan fingerprint density at radius 3 is 1.59 bits per heavy atom. The summed E-state index contributed by atoms with van der Waals surface area (Å²) in [4.78, 5) is 105. The van der Waals surface area contributed by atoms with Gasteiger partial charge in [-0.05, 0) is 91.8 Å². The van der Waals surface area contributed by atoms with Gasteiger partial charge in [-0.1, -0.05) is 32.0 Å². The van der Waals surface area contributed by atoms with E-state index in [0.717, 1.165) is 50.9 Å². The average Bonchev–Trinajstić information content (AvgIpc) is 4.01. The molecule has 64 heavy (non-hydrogen) atoms. The van der Waals surface area contributed by atoms with Gasteiger partial charge in [0.05, 0.1) is 22.8 Å². The van der Waals surface area contributed by atoms with E-state index in [1.807, 2.05) is 60.7 Å². The van der Waals surface area contributed by atoms with Crippen molar-refractivity contribution in [1.29, 1.82) is 0 Å². The molecule has 0 bridgehead atoms. The van der Waals surface area contributed by atoms with E-state index in [1.165, 1.54) is 32.5 Å². The van der Waals surface area contributed by atoms with E-state index in [9.17, 15) is 38.4 Å². The van der Waals surface area contributed by atoms with Crippen LogP contribution in [0, 0.1) is 0 Å². The molecule has 2 atom stereocenters. The summed E-state index contributed by atoms with van der Waals surface area (Å²) in [6.07, 6.45) is 1.15. The van der Waals surface area contributed by atoms with E-state index in [2.05, 4.69) is 64.5 Å². The number of urea groups is 2. The molecular formula is C45H51N9O8S2. The Morgan fingerprint density at radius 1 is 0.688 bits per heavy atom. The summed E-state index contributed by atoms with van der Waals surface area (Å²) in [7, 11) is 0. The fourth-order valence-electron chi connectivity index (χ4n) is 8.01. The highest BCUT2D eigenvalue weighted by Gasteiger charge is 2.41. The van der Waals surface area contributed by atoms with Gasteiger partial charge in [-0.3, -0.25) is 39.4 Å². The lowest BCUT2D eigenvalue weighted by Crippen LogP contribution is -2.52. The van der Waals surface area contributed by atoms with Gasteiger partial charge < -0.3 is 36.0 Å². The first-order valence-electron chi connectivity index (χ1n) is 21.3. The fourth-order valence-corrected chi connectivity index (χ4v) is 10.1. The number of carbonyl (C=O) groups is 8. The Balaban J connectivity index is 0.000000192. The summed E-state index contributed by atoms with van der Waals surface area (Å²) in [6.45, 7) is 11.4. The van der Waals surface area contributed by atoms with Crippen LogP contribution in [0.2, 0.25) is 0 Å². The number of benzene rings is 2. The SMILES string of the molecule is CC(C)c1cccc(NC(=O)NCc2cc3c(s2)C(=O)N(C2CCC(=O)NC2=O)C3)c1.CCN(CC)c1cccc(NC(=O)NCc2cc3c(s2)C(=O)N(C2CCC(=O)NC2=O)C3)c1. The molecule has 0 aliphatic carbocycles. The number of nitrogens with one attached hydrogen (secondary N) is 6. The lowest BCUT2D eigenvalue weighted by molar-refractivity contribution is -0.138. The second-order valence-electron chi connectivity index (χ2n) is 16.1. The summed E-state index contributed by atoms with van der Waals surface area (Å²) in [6, 6.07) is 17.4. The number of hydrogen-bond acceptors (Lipinski definition) is 11. The molecule has 2 aromatic heterocycles. The van der Waals surface area contributed by atoms with E-state index < -0.39 is 23.9 Å². The van der Waals surface area contributed by atoms with Crippen molar-refractivity contribution in [3.8, 4) is 0 Å². The summed E-state index contributed by atoms with van der Waals surface area (Å²) < 4.78 is 0. The van der Waals surface area contributed by atoms with Crippen LogP contribution in [0.25, 0.3) is 0 Å². The number of rotatable bonds is 12. The number of fused-ring (bicyclic) bond motifs is 2. The number of amides is 10. The molecule has 17 nitrogen and oxygen atoms in total. The van der Waals surface area contributed by atoms with Crippen molar-refractivity contribution in [1.82, 2.24) is 31.1 Å². The Labute approximate surface area is 378 Å². The normalized spacial score (nSPS) is 17.9. The van der Waals surface area contributed by atoms with Gasteiger partial charge in [0.2, 0.25) is 23.6 Å². The van der Waals surface area contributed by atoms with Crippen LogP contribution in [-0.2, 0) is 45.4 Å². The van der Waals surface area contributed by atoms with Crippen LogP contribution in [-0.4, -0.2) is 82.5 Å². The third-order valence-electron chi connectivity index (χ3n) is 11.4. The minimum Gasteiger partial charge on any atom is -0.372 e. The molecule has 19 heteroatoms. The number of hydrogen-bond donors (Lipinski definition) is 6. The standard InChI is InChI=1S/C23H27N5O4S.C22H24N4O4S/c1-3-27(4-2)16-7-5-6-15(11-16)25-23(32)24-12-17-10-14-13-28(22(31)20(14)33-17)18-8-9-19(29)26-21(18)30;1-12(2)13-4-3-5-15(8-13)24-22(30)23-10-16-9-14-11-26(21(29)19(14)31-16)17-6-7-18(27)25-20(17)28/h5-7,10-11,18H,3-4,8-9,12-13H2,1-2H3,(H2,24,25,32)(H,26,29,30);3-5,8-9,12,17H,6-7,10-11H2,1-2H3,(H2,23,24,30)(H,25,27,28). The predicted molar refractivity (Wildman–Crippen MR) is 243 cm³/mol. The number of piperidine rings is 2. The third kappa shape index (κ3) is 10.4. The van der Waals surface area contributed by atoms with Gasteiger partial charge in [0.15, 0.2) is 0 Å². The zero-order chi connectivity index (χ0) is 45.7. The Bertz CT molecular complexity index is 2500. The molecule has 2 saturated heterocycles. The maximum Gasteiger partial charge on any atom is 0.319 e. The van der Waals surface area contributed by atoms with Gasteiger partial charge in [0, 0.05) is 65.8 Å². The minimum absolute atomic E-state index is 0.198. The number of nitrogens with zero attached hydrogens (tertiary/aromatic N) is 3. The first-order chi connectivity index (χ1) is 30.7. The molecule has 6 N–H and O–H groups in total. The van der Waals surface area contributed by atoms with Gasteiger partial charge in [0.25, 0.3) is 11.8 Å². The van der Waals surface area contributed by atoms with E-state index in [-0.39, 0.29) is 48.5 Å². The van der Waals surface area contributed by atoms with Crippen molar-refractivity contribution < 1.29 is 38.4 Å². The number of thiophene rings is 2. The molecule has 4 aliphatic heterocycles. The van der Waals surface area contributed by atoms with Gasteiger partial charge in [-0.25, -0.2) is 9.59 Å². The molecular weight excluding hydrogens is 859 g/mol. The molecule has 6 heterocycles. The largest absolute Gasteiger partial charge is 0.372 e. The van der Waals surface area contributed by atoms with Crippen LogP contribution < -0.4 is 36.8 Å². The van der Waals surface area contributed by atoms with Gasteiger partial charge in [-0.15, -0.1) is 22.7 Å². The zero-order valence-electron chi connectivity index (χ0n) is 36.0. The van der Waals surface area contributed by atoms with E-state index >= 15 is 0 Å². The van der Waals surface area contributed by atoms with Crippen LogP contribution in [0.3, 0.4) is 0 Å². The Kier molecular flexibility index (Phi) is 14.1. The van der Waals surface area contributed by atoms with Gasteiger partial charge in [-0.2, -0.15) is 0 Å². The van der Waals surface area contributed by atoms with Crippen molar-refractivity contribution in [2.45, 2.75) is 97.6 Å². The van der Waals surface area contributed by atoms with Crippen LogP contribution in [0.1, 0.15) is 105 Å². The highest BCUT2D eigenvalue weighted by Crippen LogP contribution is 2.35. The van der Waals surface area contributed by atoms with E-state index in [0.29, 0.717) is 60.4 Å². The number of anilines is 3. The van der Waals surface area contributed by atoms with Crippen molar-refractivity contribution >= 4 is 87.2 Å². The van der Waals surface area contributed by atoms with Crippen molar-refractivity contribution in [2.75, 3.05) is 28.6 Å². The fraction of sp³-hybridized carbons (Fsp3) is 0.378. The minimum atomic E-state index is -0.616. The second kappa shape index (κ2) is 19.8. The lowest BCUT2D eigenvalue weighted by atomic mass is 10.0. The molecule has 0 spiro atoms. The molecule has 2 aromatic carbocycles. The molecule has 2 fully saturated rings. The maximum atomic E-state index is 12.8. The van der Waals surface area contributed by atoms with Gasteiger partial charge >= 0.3 is 12.1 Å². The van der Waals surface area contributed by atoms with Crippen molar-refractivity contribution in [2.24, 2.45) is 0 Å². The topological polar surface area (TPSA) is 218 Å². The number of imide groups is 2. The average molecular weight is 910 g/mol. The van der Waals surface area contributed by atoms with Crippen LogP contribution >= 0.6 is 22.7 Å². The zero-order valence-corrected chi connectivity index (χ0v) is 37.6. The first-order valence-corrected chi connectivity index (χ1v) is 22.9. The summed E-state index contributed by atoms with van der Waals surface area (Å²) in [5.74, 6) is -1.47. The molecule has 0 radical (unpaired) electrons. The van der Waals surface area contributed by atoms with Crippen LogP contribution in [0.15, 0.2) is 60.7 Å². The summed E-state index contributed by atoms with van der Waals surface area (Å²) in [5.41, 5.74) is 5.33. The first kappa shape index (κ1) is 45.4. The predicted octanol–water partition coefficient (Wildman–Crippen LogP) is 5.63. The molecule has 336 valence electrons. The Morgan fingerprint density at radius 2 is 1.16 bits per heavy atom. The monoisotopic (exact) mass is 909 g/mol. The highest BCUT2D eigenvalue weighted by atomic mass is 32.1. The quantitative estimate of drug-likeness (QED) is 0.0970. The highest BCUT2D eigenvalue weighted by molar-refractivity contribution is 7.14. The lowest BCUT2D eigenvalue weighted by Gasteiger charge is -2.29. The van der Waals surface area contributed by atoms with Crippen molar-refractivity contribution in [3.05, 3.63) is 96.9 Å². The van der Waals surface area contributed by atoms with E-state index in [4.69, 9.17) is 0 Å². The number of carbonyl (C=O) groups excluding carboxylic acids is 8. The van der Waals surface area contributed by atoms with Gasteiger partial charge in [0.1, 0.15) is 12.1 Å². The molecule has 8 rings (SSSR count). The third-order valence-corrected chi connectivity index (χ3v) is 13.7. The summed E-state index contributed by atoms with van der Waals surface area (Å²) >= 11 is 2.64. The molecule has 2 unspecified atom stereocenters. The maximum absolute atomic E-state index is 12.8. The second-order valence-corrected chi connectivity index (χ2v) is 18.3. The van der Waals surface area contributed by atoms with Crippen molar-refractivity contribution in [3.63, 3.8) is 0 Å². The molecule has 4 aliphatic rings. The molecule has 10 amide bonds. The van der Waals surface area contributed by atoms with Crippen LogP contribution in [0.4, 0.5) is 26.7 Å². The van der Waals surface area contributed by atoms with Crippen LogP contribution in [0.5, 0.6) is 0 Å².